The van der Waals surface area contributed by atoms with Crippen molar-refractivity contribution in [1.82, 2.24) is 15.5 Å². The normalized spacial score (nSPS) is 10.5. The van der Waals surface area contributed by atoms with Crippen molar-refractivity contribution in [2.45, 2.75) is 12.3 Å². The van der Waals surface area contributed by atoms with Crippen LogP contribution in [0.5, 0.6) is 5.75 Å². The number of thioether (sulfide) groups is 1. The van der Waals surface area contributed by atoms with Crippen molar-refractivity contribution in [1.29, 1.82) is 0 Å². The molecule has 0 bridgehead atoms. The highest BCUT2D eigenvalue weighted by molar-refractivity contribution is 7.99. The summed E-state index contributed by atoms with van der Waals surface area (Å²) in [5, 5.41) is 15.0. The first-order chi connectivity index (χ1) is 14.5. The highest BCUT2D eigenvalue weighted by Crippen LogP contribution is 2.19. The Bertz CT molecular complexity index is 1010. The molecule has 0 spiro atoms. The van der Waals surface area contributed by atoms with Gasteiger partial charge in [-0.05, 0) is 35.9 Å². The number of rotatable bonds is 9. The Morgan fingerprint density at radius 1 is 1.17 bits per heavy atom. The maximum atomic E-state index is 12.3. The van der Waals surface area contributed by atoms with Crippen LogP contribution < -0.4 is 15.4 Å². The molecule has 0 radical (unpaired) electrons. The number of amides is 2. The molecule has 0 aliphatic rings. The van der Waals surface area contributed by atoms with E-state index < -0.39 is 0 Å². The topological polar surface area (TPSA) is 93.2 Å². The number of aromatic nitrogens is 2. The number of carbonyl (C=O) groups excluding carboxylic acids is 2. The zero-order chi connectivity index (χ0) is 21.3. The third kappa shape index (κ3) is 6.72. The van der Waals surface area contributed by atoms with Crippen LogP contribution in [-0.4, -0.2) is 34.9 Å². The van der Waals surface area contributed by atoms with Gasteiger partial charge in [0.1, 0.15) is 10.8 Å². The molecule has 2 aromatic carbocycles. The van der Waals surface area contributed by atoms with Gasteiger partial charge in [-0.15, -0.1) is 22.0 Å². The van der Waals surface area contributed by atoms with Gasteiger partial charge in [-0.3, -0.25) is 9.59 Å². The lowest BCUT2D eigenvalue weighted by molar-refractivity contribution is -0.118. The van der Waals surface area contributed by atoms with Gasteiger partial charge in [0.25, 0.3) is 5.91 Å². The number of benzene rings is 2. The van der Waals surface area contributed by atoms with Gasteiger partial charge in [0.15, 0.2) is 0 Å². The fourth-order valence-electron chi connectivity index (χ4n) is 2.38. The van der Waals surface area contributed by atoms with E-state index in [1.165, 1.54) is 23.1 Å². The van der Waals surface area contributed by atoms with Gasteiger partial charge in [-0.1, -0.05) is 41.1 Å². The molecule has 0 aliphatic carbocycles. The minimum Gasteiger partial charge on any atom is -0.497 e. The molecule has 2 N–H and O–H groups in total. The Morgan fingerprint density at radius 3 is 2.70 bits per heavy atom. The van der Waals surface area contributed by atoms with Crippen LogP contribution in [0.1, 0.15) is 20.4 Å². The highest BCUT2D eigenvalue weighted by atomic mass is 35.5. The molecule has 0 fully saturated rings. The average Bonchev–Trinajstić information content (AvgIpc) is 3.22. The molecule has 156 valence electrons. The second-order valence-corrected chi connectivity index (χ2v) is 8.57. The molecule has 0 unspecified atom stereocenters. The lowest BCUT2D eigenvalue weighted by Crippen LogP contribution is -2.24. The van der Waals surface area contributed by atoms with Crippen LogP contribution in [-0.2, 0) is 17.1 Å². The first-order valence-electron chi connectivity index (χ1n) is 8.90. The number of halogens is 1. The standard InChI is InChI=1S/C20H19ClN4O3S2/c1-28-16-7-5-13(6-8-16)10-22-17(26)11-29-12-18-24-25-20(30-18)19(27)23-15-4-2-3-14(21)9-15/h2-9H,10-12H2,1H3,(H,22,26)(H,23,27). The first kappa shape index (κ1) is 22.1. The van der Waals surface area contributed by atoms with E-state index in [9.17, 15) is 9.59 Å². The van der Waals surface area contributed by atoms with Gasteiger partial charge in [0.05, 0.1) is 12.9 Å². The molecule has 1 heterocycles. The number of ether oxygens (including phenoxy) is 1. The van der Waals surface area contributed by atoms with Crippen molar-refractivity contribution >= 4 is 52.2 Å². The SMILES string of the molecule is COc1ccc(CNC(=O)CSCc2nnc(C(=O)Nc3cccc(Cl)c3)s2)cc1. The van der Waals surface area contributed by atoms with Gasteiger partial charge in [-0.25, -0.2) is 0 Å². The Hall–Kier alpha value is -2.62. The molecule has 1 aromatic heterocycles. The second-order valence-electron chi connectivity index (χ2n) is 6.08. The van der Waals surface area contributed by atoms with Crippen LogP contribution in [0.2, 0.25) is 5.02 Å². The minimum atomic E-state index is -0.344. The van der Waals surface area contributed by atoms with E-state index in [4.69, 9.17) is 16.3 Å². The van der Waals surface area contributed by atoms with Crippen LogP contribution >= 0.6 is 34.7 Å². The van der Waals surface area contributed by atoms with Crippen LogP contribution in [0.3, 0.4) is 0 Å². The third-order valence-corrected chi connectivity index (χ3v) is 6.13. The lowest BCUT2D eigenvalue weighted by atomic mass is 10.2. The molecular formula is C20H19ClN4O3S2. The van der Waals surface area contributed by atoms with Gasteiger partial charge >= 0.3 is 0 Å². The zero-order valence-electron chi connectivity index (χ0n) is 16.1. The van der Waals surface area contributed by atoms with E-state index in [0.717, 1.165) is 11.3 Å². The molecule has 0 aliphatic heterocycles. The van der Waals surface area contributed by atoms with E-state index in [-0.39, 0.29) is 16.8 Å². The first-order valence-corrected chi connectivity index (χ1v) is 11.2. The predicted octanol–water partition coefficient (Wildman–Crippen LogP) is 4.00. The number of anilines is 1. The summed E-state index contributed by atoms with van der Waals surface area (Å²) in [4.78, 5) is 24.3. The quantitative estimate of drug-likeness (QED) is 0.499. The highest BCUT2D eigenvalue weighted by Gasteiger charge is 2.14. The van der Waals surface area contributed by atoms with E-state index >= 15 is 0 Å². The van der Waals surface area contributed by atoms with Gasteiger partial charge in [-0.2, -0.15) is 0 Å². The molecular weight excluding hydrogens is 444 g/mol. The number of nitrogens with zero attached hydrogens (tertiary/aromatic N) is 2. The van der Waals surface area contributed by atoms with Crippen LogP contribution in [0.4, 0.5) is 5.69 Å². The second kappa shape index (κ2) is 11.0. The molecule has 3 aromatic rings. The maximum absolute atomic E-state index is 12.3. The fraction of sp³-hybridized carbons (Fsp3) is 0.200. The number of nitrogens with one attached hydrogen (secondary N) is 2. The van der Waals surface area contributed by atoms with Crippen LogP contribution in [0, 0.1) is 0 Å². The predicted molar refractivity (Wildman–Crippen MR) is 120 cm³/mol. The molecule has 2 amide bonds. The summed E-state index contributed by atoms with van der Waals surface area (Å²) in [5.74, 6) is 1.15. The third-order valence-electron chi connectivity index (χ3n) is 3.85. The molecule has 30 heavy (non-hydrogen) atoms. The van der Waals surface area contributed by atoms with Crippen molar-refractivity contribution in [2.75, 3.05) is 18.2 Å². The fourth-order valence-corrected chi connectivity index (χ4v) is 4.21. The molecule has 0 saturated carbocycles. The van der Waals surface area contributed by atoms with Crippen molar-refractivity contribution in [3.8, 4) is 5.75 Å². The van der Waals surface area contributed by atoms with Crippen LogP contribution in [0.25, 0.3) is 0 Å². The molecule has 7 nitrogen and oxygen atoms in total. The molecule has 10 heteroatoms. The largest absolute Gasteiger partial charge is 0.497 e. The van der Waals surface area contributed by atoms with Crippen molar-refractivity contribution in [3.05, 3.63) is 69.1 Å². The number of hydrogen-bond donors (Lipinski definition) is 2. The Labute approximate surface area is 187 Å². The molecule has 3 rings (SSSR count). The summed E-state index contributed by atoms with van der Waals surface area (Å²) in [6.45, 7) is 0.454. The molecule has 0 atom stereocenters. The van der Waals surface area contributed by atoms with Gasteiger partial charge < -0.3 is 15.4 Å². The summed E-state index contributed by atoms with van der Waals surface area (Å²) < 4.78 is 5.11. The lowest BCUT2D eigenvalue weighted by Gasteiger charge is -2.06. The van der Waals surface area contributed by atoms with E-state index in [1.54, 1.807) is 31.4 Å². The number of carbonyl (C=O) groups is 2. The number of methoxy groups -OCH3 is 1. The van der Waals surface area contributed by atoms with Crippen molar-refractivity contribution in [2.24, 2.45) is 0 Å². The summed E-state index contributed by atoms with van der Waals surface area (Å²) in [5.41, 5.74) is 1.58. The van der Waals surface area contributed by atoms with E-state index in [0.29, 0.717) is 33.8 Å². The average molecular weight is 463 g/mol. The summed E-state index contributed by atoms with van der Waals surface area (Å²) in [6, 6.07) is 14.4. The summed E-state index contributed by atoms with van der Waals surface area (Å²) >= 11 is 8.53. The summed E-state index contributed by atoms with van der Waals surface area (Å²) in [7, 11) is 1.61. The summed E-state index contributed by atoms with van der Waals surface area (Å²) in [6.07, 6.45) is 0. The minimum absolute atomic E-state index is 0.0701. The Balaban J connectivity index is 1.40. The van der Waals surface area contributed by atoms with Gasteiger partial charge in [0, 0.05) is 23.0 Å². The van der Waals surface area contributed by atoms with Crippen molar-refractivity contribution < 1.29 is 14.3 Å². The Morgan fingerprint density at radius 2 is 1.97 bits per heavy atom. The monoisotopic (exact) mass is 462 g/mol. The maximum Gasteiger partial charge on any atom is 0.286 e. The van der Waals surface area contributed by atoms with Gasteiger partial charge in [0.2, 0.25) is 10.9 Å². The van der Waals surface area contributed by atoms with Crippen molar-refractivity contribution in [3.63, 3.8) is 0 Å². The number of hydrogen-bond acceptors (Lipinski definition) is 7. The van der Waals surface area contributed by atoms with Crippen LogP contribution in [0.15, 0.2) is 48.5 Å². The molecule has 0 saturated heterocycles. The van der Waals surface area contributed by atoms with E-state index in [1.807, 2.05) is 24.3 Å². The smallest absolute Gasteiger partial charge is 0.286 e. The Kier molecular flexibility index (Phi) is 8.06. The van der Waals surface area contributed by atoms with E-state index in [2.05, 4.69) is 20.8 Å². The zero-order valence-corrected chi connectivity index (χ0v) is 18.4.